The largest absolute Gasteiger partial charge is 0.492 e. The Labute approximate surface area is 122 Å². The molecule has 0 aromatic carbocycles. The number of hydrogen-bond donors (Lipinski definition) is 1. The lowest BCUT2D eigenvalue weighted by Crippen LogP contribution is -2.26. The van der Waals surface area contributed by atoms with Crippen LogP contribution in [-0.2, 0) is 0 Å². The number of nitrogens with two attached hydrogens (primary N) is 1. The van der Waals surface area contributed by atoms with Gasteiger partial charge in [-0.15, -0.1) is 0 Å². The average molecular weight is 276 g/mol. The van der Waals surface area contributed by atoms with Crippen LogP contribution in [0.25, 0.3) is 0 Å². The van der Waals surface area contributed by atoms with Crippen molar-refractivity contribution in [1.82, 2.24) is 4.98 Å². The van der Waals surface area contributed by atoms with Crippen LogP contribution in [0.15, 0.2) is 18.5 Å². The van der Waals surface area contributed by atoms with Gasteiger partial charge in [0.15, 0.2) is 0 Å². The Morgan fingerprint density at radius 1 is 1.25 bits per heavy atom. The molecule has 20 heavy (non-hydrogen) atoms. The van der Waals surface area contributed by atoms with Crippen molar-refractivity contribution in [2.24, 2.45) is 17.6 Å². The van der Waals surface area contributed by atoms with Crippen LogP contribution in [0.2, 0.25) is 0 Å². The van der Waals surface area contributed by atoms with Crippen LogP contribution in [0.4, 0.5) is 0 Å². The summed E-state index contributed by atoms with van der Waals surface area (Å²) in [5.41, 5.74) is 7.58. The predicted molar refractivity (Wildman–Crippen MR) is 82.7 cm³/mol. The van der Waals surface area contributed by atoms with E-state index in [2.05, 4.69) is 24.9 Å². The molecule has 3 heteroatoms. The van der Waals surface area contributed by atoms with Gasteiger partial charge in [-0.25, -0.2) is 0 Å². The topological polar surface area (TPSA) is 48.1 Å². The Bertz CT molecular complexity index is 400. The molecule has 1 saturated carbocycles. The van der Waals surface area contributed by atoms with E-state index in [9.17, 15) is 0 Å². The summed E-state index contributed by atoms with van der Waals surface area (Å²) in [6, 6.07) is 2.17. The first kappa shape index (κ1) is 15.3. The monoisotopic (exact) mass is 276 g/mol. The molecule has 0 saturated heterocycles. The van der Waals surface area contributed by atoms with E-state index in [1.54, 1.807) is 6.20 Å². The fourth-order valence-electron chi connectivity index (χ4n) is 3.14. The second-order valence-electron chi connectivity index (χ2n) is 6.02. The zero-order valence-corrected chi connectivity index (χ0v) is 12.8. The fourth-order valence-corrected chi connectivity index (χ4v) is 3.14. The van der Waals surface area contributed by atoms with Gasteiger partial charge in [0.1, 0.15) is 5.75 Å². The summed E-state index contributed by atoms with van der Waals surface area (Å²) < 4.78 is 5.65. The van der Waals surface area contributed by atoms with Crippen LogP contribution in [0.3, 0.4) is 0 Å². The lowest BCUT2D eigenvalue weighted by molar-refractivity contribution is 0.239. The quantitative estimate of drug-likeness (QED) is 0.851. The Morgan fingerprint density at radius 3 is 2.65 bits per heavy atom. The minimum absolute atomic E-state index is 0.102. The van der Waals surface area contributed by atoms with E-state index in [0.29, 0.717) is 5.92 Å². The minimum atomic E-state index is 0.102. The molecule has 0 radical (unpaired) electrons. The van der Waals surface area contributed by atoms with E-state index in [1.807, 2.05) is 6.20 Å². The molecule has 0 spiro atoms. The van der Waals surface area contributed by atoms with E-state index >= 15 is 0 Å². The fraction of sp³-hybridized carbons (Fsp3) is 0.706. The molecule has 0 aliphatic heterocycles. The van der Waals surface area contributed by atoms with Crippen molar-refractivity contribution in [2.45, 2.75) is 58.4 Å². The second kappa shape index (κ2) is 7.63. The molecule has 1 unspecified atom stereocenters. The highest BCUT2D eigenvalue weighted by Gasteiger charge is 2.26. The van der Waals surface area contributed by atoms with Gasteiger partial charge in [-0.3, -0.25) is 4.98 Å². The normalized spacial score (nSPS) is 24.4. The SMILES string of the molecule is CCCOc1cncc(C(N)C2CCC(CC)CC2)c1. The van der Waals surface area contributed by atoms with Gasteiger partial charge in [0.2, 0.25) is 0 Å². The lowest BCUT2D eigenvalue weighted by atomic mass is 9.76. The summed E-state index contributed by atoms with van der Waals surface area (Å²) in [4.78, 5) is 4.28. The molecule has 1 aromatic heterocycles. The molecule has 1 fully saturated rings. The first-order valence-electron chi connectivity index (χ1n) is 8.07. The van der Waals surface area contributed by atoms with Crippen LogP contribution in [0.1, 0.15) is 64.0 Å². The molecule has 112 valence electrons. The van der Waals surface area contributed by atoms with Crippen molar-refractivity contribution in [2.75, 3.05) is 6.61 Å². The maximum Gasteiger partial charge on any atom is 0.137 e. The summed E-state index contributed by atoms with van der Waals surface area (Å²) in [5.74, 6) is 2.36. The highest BCUT2D eigenvalue weighted by molar-refractivity contribution is 5.26. The molecule has 3 nitrogen and oxygen atoms in total. The number of nitrogens with zero attached hydrogens (tertiary/aromatic N) is 1. The molecule has 1 aliphatic carbocycles. The third-order valence-corrected chi connectivity index (χ3v) is 4.57. The Kier molecular flexibility index (Phi) is 5.84. The zero-order chi connectivity index (χ0) is 14.4. The third-order valence-electron chi connectivity index (χ3n) is 4.57. The standard InChI is InChI=1S/C17H28N2O/c1-3-9-20-16-10-15(11-19-12-16)17(18)14-7-5-13(4-2)6-8-14/h10-14,17H,3-9,18H2,1-2H3. The summed E-state index contributed by atoms with van der Waals surface area (Å²) in [6.07, 6.45) is 11.2. The van der Waals surface area contributed by atoms with Gasteiger partial charge in [-0.2, -0.15) is 0 Å². The first-order chi connectivity index (χ1) is 9.74. The molecule has 2 N–H and O–H groups in total. The second-order valence-corrected chi connectivity index (χ2v) is 6.02. The van der Waals surface area contributed by atoms with E-state index < -0.39 is 0 Å². The lowest BCUT2D eigenvalue weighted by Gasteiger charge is -2.31. The molecule has 1 aliphatic rings. The Morgan fingerprint density at radius 2 is 2.00 bits per heavy atom. The highest BCUT2D eigenvalue weighted by atomic mass is 16.5. The maximum absolute atomic E-state index is 6.46. The average Bonchev–Trinajstić information content (AvgIpc) is 2.52. The van der Waals surface area contributed by atoms with Gasteiger partial charge in [0.25, 0.3) is 0 Å². The van der Waals surface area contributed by atoms with Crippen LogP contribution >= 0.6 is 0 Å². The molecule has 1 atom stereocenters. The highest BCUT2D eigenvalue weighted by Crippen LogP contribution is 2.37. The van der Waals surface area contributed by atoms with E-state index in [4.69, 9.17) is 10.5 Å². The maximum atomic E-state index is 6.46. The van der Waals surface area contributed by atoms with Crippen molar-refractivity contribution in [1.29, 1.82) is 0 Å². The zero-order valence-electron chi connectivity index (χ0n) is 12.8. The molecule has 2 rings (SSSR count). The predicted octanol–water partition coefficient (Wildman–Crippen LogP) is 4.09. The summed E-state index contributed by atoms with van der Waals surface area (Å²) in [5, 5.41) is 0. The van der Waals surface area contributed by atoms with Crippen LogP contribution in [0.5, 0.6) is 5.75 Å². The Balaban J connectivity index is 1.96. The summed E-state index contributed by atoms with van der Waals surface area (Å²) >= 11 is 0. The van der Waals surface area contributed by atoms with Gasteiger partial charge in [-0.1, -0.05) is 33.1 Å². The van der Waals surface area contributed by atoms with Gasteiger partial charge in [0, 0.05) is 12.2 Å². The van der Waals surface area contributed by atoms with Gasteiger partial charge >= 0.3 is 0 Å². The van der Waals surface area contributed by atoms with E-state index in [-0.39, 0.29) is 6.04 Å². The number of ether oxygens (including phenoxy) is 1. The van der Waals surface area contributed by atoms with Gasteiger partial charge in [0.05, 0.1) is 12.8 Å². The van der Waals surface area contributed by atoms with Crippen LogP contribution in [-0.4, -0.2) is 11.6 Å². The summed E-state index contributed by atoms with van der Waals surface area (Å²) in [6.45, 7) is 5.14. The molecular weight excluding hydrogens is 248 g/mol. The van der Waals surface area contributed by atoms with Gasteiger partial charge in [-0.05, 0) is 42.7 Å². The van der Waals surface area contributed by atoms with Crippen molar-refractivity contribution in [3.8, 4) is 5.75 Å². The van der Waals surface area contributed by atoms with E-state index in [1.165, 1.54) is 32.1 Å². The molecule has 1 heterocycles. The molecule has 1 aromatic rings. The van der Waals surface area contributed by atoms with Gasteiger partial charge < -0.3 is 10.5 Å². The van der Waals surface area contributed by atoms with E-state index in [0.717, 1.165) is 30.3 Å². The number of rotatable bonds is 6. The van der Waals surface area contributed by atoms with Crippen molar-refractivity contribution in [3.05, 3.63) is 24.0 Å². The summed E-state index contributed by atoms with van der Waals surface area (Å²) in [7, 11) is 0. The number of aromatic nitrogens is 1. The number of hydrogen-bond acceptors (Lipinski definition) is 3. The number of pyridine rings is 1. The van der Waals surface area contributed by atoms with Crippen LogP contribution < -0.4 is 10.5 Å². The first-order valence-corrected chi connectivity index (χ1v) is 8.07. The minimum Gasteiger partial charge on any atom is -0.492 e. The molecule has 0 bridgehead atoms. The Hall–Kier alpha value is -1.09. The van der Waals surface area contributed by atoms with Crippen LogP contribution in [0, 0.1) is 11.8 Å². The molecule has 0 amide bonds. The molecular formula is C17H28N2O. The van der Waals surface area contributed by atoms with Crippen molar-refractivity contribution < 1.29 is 4.74 Å². The smallest absolute Gasteiger partial charge is 0.137 e. The third kappa shape index (κ3) is 3.95. The van der Waals surface area contributed by atoms with Crippen molar-refractivity contribution in [3.63, 3.8) is 0 Å². The van der Waals surface area contributed by atoms with Crippen molar-refractivity contribution >= 4 is 0 Å².